The number of nitrogens with one attached hydrogen (secondary N) is 2. The van der Waals surface area contributed by atoms with Crippen LogP contribution in [0.1, 0.15) is 53.0 Å². The molecule has 156 valence electrons. The fraction of sp³-hybridized carbons (Fsp3) is 0.333. The molecule has 0 aliphatic heterocycles. The first-order valence-electron chi connectivity index (χ1n) is 9.47. The van der Waals surface area contributed by atoms with Gasteiger partial charge in [0, 0.05) is 17.8 Å². The first-order chi connectivity index (χ1) is 13.8. The van der Waals surface area contributed by atoms with Crippen LogP contribution < -0.4 is 10.0 Å². The van der Waals surface area contributed by atoms with E-state index in [4.69, 9.17) is 4.74 Å². The minimum absolute atomic E-state index is 0.0209. The summed E-state index contributed by atoms with van der Waals surface area (Å²) in [6.45, 7) is 6.33. The van der Waals surface area contributed by atoms with Gasteiger partial charge in [-0.3, -0.25) is 9.52 Å². The SMILES string of the molecule is CCCCOC(=O)c1ccc(NS(=O)(=O)c2ccc(C)c(C(=O)NCC)c2)cc1. The van der Waals surface area contributed by atoms with E-state index >= 15 is 0 Å². The van der Waals surface area contributed by atoms with E-state index in [1.54, 1.807) is 19.9 Å². The van der Waals surface area contributed by atoms with Crippen molar-refractivity contribution in [2.75, 3.05) is 17.9 Å². The zero-order chi connectivity index (χ0) is 21.4. The number of esters is 1. The summed E-state index contributed by atoms with van der Waals surface area (Å²) in [6.07, 6.45) is 1.72. The molecule has 7 nitrogen and oxygen atoms in total. The van der Waals surface area contributed by atoms with Crippen molar-refractivity contribution in [3.8, 4) is 0 Å². The quantitative estimate of drug-likeness (QED) is 0.479. The van der Waals surface area contributed by atoms with Crippen LogP contribution in [0.3, 0.4) is 0 Å². The predicted octanol–water partition coefficient (Wildman–Crippen LogP) is 3.50. The second-order valence-electron chi connectivity index (χ2n) is 6.51. The van der Waals surface area contributed by atoms with Gasteiger partial charge in [-0.05, 0) is 62.2 Å². The van der Waals surface area contributed by atoms with E-state index < -0.39 is 16.0 Å². The average molecular weight is 419 g/mol. The lowest BCUT2D eigenvalue weighted by atomic mass is 10.1. The molecule has 0 unspecified atom stereocenters. The maximum absolute atomic E-state index is 12.7. The third-order valence-electron chi connectivity index (χ3n) is 4.21. The van der Waals surface area contributed by atoms with Gasteiger partial charge in [-0.2, -0.15) is 0 Å². The van der Waals surface area contributed by atoms with Crippen LogP contribution in [-0.2, 0) is 14.8 Å². The van der Waals surface area contributed by atoms with Gasteiger partial charge >= 0.3 is 5.97 Å². The van der Waals surface area contributed by atoms with E-state index in [-0.39, 0.29) is 10.8 Å². The second-order valence-corrected chi connectivity index (χ2v) is 8.19. The normalized spacial score (nSPS) is 11.0. The second kappa shape index (κ2) is 10.1. The van der Waals surface area contributed by atoms with Crippen LogP contribution in [0, 0.1) is 6.92 Å². The standard InChI is InChI=1S/C21H26N2O5S/c1-4-6-13-28-21(25)16-8-10-17(11-9-16)23-29(26,27)18-12-7-15(3)19(14-18)20(24)22-5-2/h7-12,14,23H,4-6,13H2,1-3H3,(H,22,24). The first kappa shape index (κ1) is 22.4. The molecule has 2 rings (SSSR count). The number of aryl methyl sites for hydroxylation is 1. The van der Waals surface area contributed by atoms with Gasteiger partial charge in [0.2, 0.25) is 0 Å². The zero-order valence-corrected chi connectivity index (χ0v) is 17.6. The molecule has 0 saturated heterocycles. The predicted molar refractivity (Wildman–Crippen MR) is 112 cm³/mol. The molecule has 2 aromatic carbocycles. The Hall–Kier alpha value is -2.87. The van der Waals surface area contributed by atoms with Crippen molar-refractivity contribution in [1.29, 1.82) is 0 Å². The van der Waals surface area contributed by atoms with Crippen LogP contribution in [0.4, 0.5) is 5.69 Å². The molecule has 0 fully saturated rings. The summed E-state index contributed by atoms with van der Waals surface area (Å²) in [7, 11) is -3.90. The number of hydrogen-bond donors (Lipinski definition) is 2. The number of benzene rings is 2. The molecule has 0 aliphatic rings. The Labute approximate surface area is 171 Å². The van der Waals surface area contributed by atoms with Crippen molar-refractivity contribution >= 4 is 27.6 Å². The molecule has 0 heterocycles. The Kier molecular flexibility index (Phi) is 7.78. The third-order valence-corrected chi connectivity index (χ3v) is 5.58. The van der Waals surface area contributed by atoms with E-state index in [0.717, 1.165) is 12.8 Å². The van der Waals surface area contributed by atoms with E-state index in [2.05, 4.69) is 10.0 Å². The molecule has 0 aliphatic carbocycles. The molecule has 0 radical (unpaired) electrons. The Morgan fingerprint density at radius 3 is 2.34 bits per heavy atom. The van der Waals surface area contributed by atoms with Crippen molar-refractivity contribution in [2.24, 2.45) is 0 Å². The fourth-order valence-corrected chi connectivity index (χ4v) is 3.63. The summed E-state index contributed by atoms with van der Waals surface area (Å²) >= 11 is 0. The molecular formula is C21H26N2O5S. The molecular weight excluding hydrogens is 392 g/mol. The number of amides is 1. The Balaban J connectivity index is 2.16. The van der Waals surface area contributed by atoms with E-state index in [9.17, 15) is 18.0 Å². The van der Waals surface area contributed by atoms with Gasteiger partial charge < -0.3 is 10.1 Å². The molecule has 0 bridgehead atoms. The molecule has 0 spiro atoms. The monoisotopic (exact) mass is 418 g/mol. The number of ether oxygens (including phenoxy) is 1. The Bertz CT molecular complexity index is 969. The number of rotatable bonds is 9. The third kappa shape index (κ3) is 6.05. The van der Waals surface area contributed by atoms with Gasteiger partial charge in [-0.1, -0.05) is 19.4 Å². The van der Waals surface area contributed by atoms with E-state index in [0.29, 0.717) is 35.5 Å². The number of anilines is 1. The summed E-state index contributed by atoms with van der Waals surface area (Å²) in [5, 5.41) is 2.67. The number of unbranched alkanes of at least 4 members (excludes halogenated alkanes) is 1. The van der Waals surface area contributed by atoms with Crippen LogP contribution in [0.25, 0.3) is 0 Å². The molecule has 0 atom stereocenters. The van der Waals surface area contributed by atoms with Gasteiger partial charge in [0.15, 0.2) is 0 Å². The minimum Gasteiger partial charge on any atom is -0.462 e. The van der Waals surface area contributed by atoms with Gasteiger partial charge in [-0.15, -0.1) is 0 Å². The van der Waals surface area contributed by atoms with Crippen molar-refractivity contribution in [2.45, 2.75) is 38.5 Å². The van der Waals surface area contributed by atoms with Gasteiger partial charge in [0.1, 0.15) is 0 Å². The van der Waals surface area contributed by atoms with Gasteiger partial charge in [0.25, 0.3) is 15.9 Å². The lowest BCUT2D eigenvalue weighted by Gasteiger charge is -2.12. The van der Waals surface area contributed by atoms with Gasteiger partial charge in [0.05, 0.1) is 17.1 Å². The lowest BCUT2D eigenvalue weighted by molar-refractivity contribution is 0.0499. The van der Waals surface area contributed by atoms with Gasteiger partial charge in [-0.25, -0.2) is 13.2 Å². The van der Waals surface area contributed by atoms with Crippen molar-refractivity contribution in [1.82, 2.24) is 5.32 Å². The molecule has 0 aromatic heterocycles. The number of hydrogen-bond acceptors (Lipinski definition) is 5. The number of carbonyl (C=O) groups is 2. The summed E-state index contributed by atoms with van der Waals surface area (Å²) in [5.74, 6) is -0.772. The summed E-state index contributed by atoms with van der Waals surface area (Å²) < 4.78 is 33.0. The van der Waals surface area contributed by atoms with Crippen molar-refractivity contribution in [3.05, 3.63) is 59.2 Å². The molecule has 2 aromatic rings. The van der Waals surface area contributed by atoms with E-state index in [1.807, 2.05) is 6.92 Å². The summed E-state index contributed by atoms with van der Waals surface area (Å²) in [4.78, 5) is 24.0. The maximum Gasteiger partial charge on any atom is 0.338 e. The van der Waals surface area contributed by atoms with Crippen LogP contribution >= 0.6 is 0 Å². The maximum atomic E-state index is 12.7. The first-order valence-corrected chi connectivity index (χ1v) is 11.0. The molecule has 1 amide bonds. The Morgan fingerprint density at radius 2 is 1.72 bits per heavy atom. The summed E-state index contributed by atoms with van der Waals surface area (Å²) in [5.41, 5.74) is 1.63. The highest BCUT2D eigenvalue weighted by Crippen LogP contribution is 2.20. The highest BCUT2D eigenvalue weighted by molar-refractivity contribution is 7.92. The van der Waals surface area contributed by atoms with Crippen LogP contribution in [0.2, 0.25) is 0 Å². The molecule has 0 saturated carbocycles. The van der Waals surface area contributed by atoms with Crippen molar-refractivity contribution in [3.63, 3.8) is 0 Å². The van der Waals surface area contributed by atoms with E-state index in [1.165, 1.54) is 36.4 Å². The largest absolute Gasteiger partial charge is 0.462 e. The molecule has 2 N–H and O–H groups in total. The number of sulfonamides is 1. The van der Waals surface area contributed by atoms with Crippen LogP contribution in [-0.4, -0.2) is 33.4 Å². The number of carbonyl (C=O) groups excluding carboxylic acids is 2. The molecule has 29 heavy (non-hydrogen) atoms. The molecule has 8 heteroatoms. The highest BCUT2D eigenvalue weighted by Gasteiger charge is 2.18. The minimum atomic E-state index is -3.90. The topological polar surface area (TPSA) is 102 Å². The van der Waals surface area contributed by atoms with Crippen LogP contribution in [0.5, 0.6) is 0 Å². The van der Waals surface area contributed by atoms with Crippen molar-refractivity contribution < 1.29 is 22.7 Å². The fourth-order valence-electron chi connectivity index (χ4n) is 2.55. The summed E-state index contributed by atoms with van der Waals surface area (Å²) in [6, 6.07) is 10.4. The average Bonchev–Trinajstić information content (AvgIpc) is 2.68. The Morgan fingerprint density at radius 1 is 1.03 bits per heavy atom. The van der Waals surface area contributed by atoms with Crippen LogP contribution in [0.15, 0.2) is 47.4 Å². The zero-order valence-electron chi connectivity index (χ0n) is 16.8. The smallest absolute Gasteiger partial charge is 0.338 e. The highest BCUT2D eigenvalue weighted by atomic mass is 32.2. The lowest BCUT2D eigenvalue weighted by Crippen LogP contribution is -2.24.